The molecule has 1 N–H and O–H groups in total. The monoisotopic (exact) mass is 237 g/mol. The zero-order valence-electron chi connectivity index (χ0n) is 11.3. The van der Waals surface area contributed by atoms with E-state index in [-0.39, 0.29) is 0 Å². The molecule has 0 spiro atoms. The number of hydrogen-bond acceptors (Lipinski definition) is 4. The van der Waals surface area contributed by atoms with Crippen LogP contribution < -0.4 is 5.32 Å². The Labute approximate surface area is 104 Å². The van der Waals surface area contributed by atoms with Crippen LogP contribution in [0.25, 0.3) is 0 Å². The summed E-state index contributed by atoms with van der Waals surface area (Å²) < 4.78 is 5.11. The quantitative estimate of drug-likeness (QED) is 0.781. The Morgan fingerprint density at radius 1 is 1.12 bits per heavy atom. The summed E-state index contributed by atoms with van der Waals surface area (Å²) >= 11 is 0. The molecule has 0 radical (unpaired) electrons. The molecule has 4 nitrogen and oxygen atoms in total. The van der Waals surface area contributed by atoms with Crippen LogP contribution in [0.4, 0.5) is 0 Å². The van der Waals surface area contributed by atoms with Crippen molar-refractivity contribution in [1.82, 2.24) is 15.3 Å². The largest absolute Gasteiger partial charge is 0.377 e. The number of rotatable bonds is 7. The molecule has 1 aromatic rings. The van der Waals surface area contributed by atoms with Crippen LogP contribution in [-0.2, 0) is 30.6 Å². The molecular formula is C13H23N3O. The molecule has 0 aliphatic heterocycles. The van der Waals surface area contributed by atoms with Crippen molar-refractivity contribution in [3.63, 3.8) is 0 Å². The summed E-state index contributed by atoms with van der Waals surface area (Å²) in [6, 6.07) is 0. The fourth-order valence-electron chi connectivity index (χ4n) is 1.96. The second-order valence-corrected chi connectivity index (χ2v) is 4.01. The van der Waals surface area contributed by atoms with Crippen molar-refractivity contribution in [2.75, 3.05) is 20.7 Å². The predicted octanol–water partition coefficient (Wildman–Crippen LogP) is 1.51. The molecule has 4 heteroatoms. The summed E-state index contributed by atoms with van der Waals surface area (Å²) in [5.74, 6) is 0.800. The van der Waals surface area contributed by atoms with Crippen molar-refractivity contribution in [3.05, 3.63) is 22.8 Å². The average Bonchev–Trinajstić information content (AvgIpc) is 2.36. The number of aryl methyl sites for hydroxylation is 2. The highest BCUT2D eigenvalue weighted by Gasteiger charge is 2.11. The Kier molecular flexibility index (Phi) is 6.08. The van der Waals surface area contributed by atoms with Gasteiger partial charge in [0, 0.05) is 18.5 Å². The van der Waals surface area contributed by atoms with Gasteiger partial charge in [0.15, 0.2) is 5.82 Å². The van der Waals surface area contributed by atoms with E-state index in [4.69, 9.17) is 4.74 Å². The third-order valence-electron chi connectivity index (χ3n) is 2.79. The third-order valence-corrected chi connectivity index (χ3v) is 2.79. The van der Waals surface area contributed by atoms with Crippen LogP contribution in [0.3, 0.4) is 0 Å². The van der Waals surface area contributed by atoms with E-state index in [1.165, 1.54) is 17.0 Å². The highest BCUT2D eigenvalue weighted by molar-refractivity contribution is 5.27. The first-order chi connectivity index (χ1) is 8.26. The van der Waals surface area contributed by atoms with E-state index >= 15 is 0 Å². The second kappa shape index (κ2) is 7.35. The minimum Gasteiger partial charge on any atom is -0.377 e. The van der Waals surface area contributed by atoms with Crippen LogP contribution in [0.1, 0.15) is 36.6 Å². The van der Waals surface area contributed by atoms with Gasteiger partial charge in [0.2, 0.25) is 0 Å². The summed E-state index contributed by atoms with van der Waals surface area (Å²) in [6.45, 7) is 5.74. The summed E-state index contributed by atoms with van der Waals surface area (Å²) in [5, 5.41) is 3.18. The molecule has 0 unspecified atom stereocenters. The number of nitrogens with one attached hydrogen (secondary N) is 1. The van der Waals surface area contributed by atoms with Crippen molar-refractivity contribution in [3.8, 4) is 0 Å². The van der Waals surface area contributed by atoms with Gasteiger partial charge < -0.3 is 10.1 Å². The van der Waals surface area contributed by atoms with Gasteiger partial charge in [0.25, 0.3) is 0 Å². The van der Waals surface area contributed by atoms with Gasteiger partial charge in [-0.1, -0.05) is 13.8 Å². The number of ether oxygens (including phenoxy) is 1. The normalized spacial score (nSPS) is 10.8. The lowest BCUT2D eigenvalue weighted by molar-refractivity contribution is 0.177. The Morgan fingerprint density at radius 3 is 2.12 bits per heavy atom. The molecule has 1 rings (SSSR count). The van der Waals surface area contributed by atoms with Crippen molar-refractivity contribution >= 4 is 0 Å². The summed E-state index contributed by atoms with van der Waals surface area (Å²) in [5.41, 5.74) is 3.64. The maximum absolute atomic E-state index is 5.11. The minimum atomic E-state index is 0.492. The Bertz CT molecular complexity index is 328. The van der Waals surface area contributed by atoms with E-state index in [1.807, 2.05) is 7.05 Å². The first-order valence-corrected chi connectivity index (χ1v) is 6.27. The van der Waals surface area contributed by atoms with Crippen LogP contribution in [0.2, 0.25) is 0 Å². The van der Waals surface area contributed by atoms with Gasteiger partial charge in [-0.2, -0.15) is 0 Å². The minimum absolute atomic E-state index is 0.492. The van der Waals surface area contributed by atoms with E-state index in [0.717, 1.165) is 31.6 Å². The molecule has 0 aliphatic carbocycles. The van der Waals surface area contributed by atoms with Crippen molar-refractivity contribution < 1.29 is 4.74 Å². The van der Waals surface area contributed by atoms with Gasteiger partial charge in [-0.05, 0) is 38.4 Å². The molecule has 96 valence electrons. The van der Waals surface area contributed by atoms with Crippen molar-refractivity contribution in [2.45, 2.75) is 39.7 Å². The fraction of sp³-hybridized carbons (Fsp3) is 0.692. The molecule has 0 aliphatic rings. The maximum Gasteiger partial charge on any atom is 0.154 e. The van der Waals surface area contributed by atoms with Crippen molar-refractivity contribution in [2.24, 2.45) is 0 Å². The number of hydrogen-bond donors (Lipinski definition) is 1. The number of nitrogens with zero attached hydrogens (tertiary/aromatic N) is 2. The standard InChI is InChI=1S/C13H23N3O/c1-5-11-10(7-8-14-3)12(6-2)16-13(15-11)9-17-4/h14H,5-9H2,1-4H3. The highest BCUT2D eigenvalue weighted by Crippen LogP contribution is 2.14. The SMILES string of the molecule is CCc1nc(COC)nc(CC)c1CCNC. The molecular weight excluding hydrogens is 214 g/mol. The number of likely N-dealkylation sites (N-methyl/N-ethyl adjacent to an activating group) is 1. The first-order valence-electron chi connectivity index (χ1n) is 6.27. The van der Waals surface area contributed by atoms with Crippen LogP contribution in [-0.4, -0.2) is 30.7 Å². The topological polar surface area (TPSA) is 47.0 Å². The third kappa shape index (κ3) is 3.75. The van der Waals surface area contributed by atoms with E-state index in [9.17, 15) is 0 Å². The first kappa shape index (κ1) is 14.1. The van der Waals surface area contributed by atoms with Gasteiger partial charge in [-0.25, -0.2) is 9.97 Å². The van der Waals surface area contributed by atoms with Crippen LogP contribution in [0.5, 0.6) is 0 Å². The van der Waals surface area contributed by atoms with Gasteiger partial charge in [-0.3, -0.25) is 0 Å². The average molecular weight is 237 g/mol. The molecule has 0 atom stereocenters. The predicted molar refractivity (Wildman–Crippen MR) is 69.1 cm³/mol. The Hall–Kier alpha value is -1.00. The van der Waals surface area contributed by atoms with E-state index in [0.29, 0.717) is 6.61 Å². The lowest BCUT2D eigenvalue weighted by Crippen LogP contribution is -2.16. The van der Waals surface area contributed by atoms with Crippen LogP contribution in [0, 0.1) is 0 Å². The number of methoxy groups -OCH3 is 1. The highest BCUT2D eigenvalue weighted by atomic mass is 16.5. The fourth-order valence-corrected chi connectivity index (χ4v) is 1.96. The molecule has 1 aromatic heterocycles. The number of aromatic nitrogens is 2. The maximum atomic E-state index is 5.11. The Balaban J connectivity index is 3.07. The Morgan fingerprint density at radius 2 is 1.71 bits per heavy atom. The zero-order chi connectivity index (χ0) is 12.7. The van der Waals surface area contributed by atoms with Crippen molar-refractivity contribution in [1.29, 1.82) is 0 Å². The molecule has 1 heterocycles. The van der Waals surface area contributed by atoms with Gasteiger partial charge >= 0.3 is 0 Å². The molecule has 0 amide bonds. The molecule has 0 saturated carbocycles. The van der Waals surface area contributed by atoms with Gasteiger partial charge in [-0.15, -0.1) is 0 Å². The second-order valence-electron chi connectivity index (χ2n) is 4.01. The summed E-state index contributed by atoms with van der Waals surface area (Å²) in [7, 11) is 3.65. The van der Waals surface area contributed by atoms with Crippen LogP contribution in [0.15, 0.2) is 0 Å². The van der Waals surface area contributed by atoms with E-state index in [1.54, 1.807) is 7.11 Å². The van der Waals surface area contributed by atoms with Gasteiger partial charge in [0.1, 0.15) is 6.61 Å². The molecule has 0 saturated heterocycles. The summed E-state index contributed by atoms with van der Waals surface area (Å²) in [4.78, 5) is 9.16. The van der Waals surface area contributed by atoms with Gasteiger partial charge in [0.05, 0.1) is 0 Å². The molecule has 0 aromatic carbocycles. The van der Waals surface area contributed by atoms with E-state index < -0.39 is 0 Å². The lowest BCUT2D eigenvalue weighted by atomic mass is 10.0. The molecule has 0 fully saturated rings. The molecule has 0 bridgehead atoms. The van der Waals surface area contributed by atoms with E-state index in [2.05, 4.69) is 29.1 Å². The lowest BCUT2D eigenvalue weighted by Gasteiger charge is -2.13. The summed E-state index contributed by atoms with van der Waals surface area (Å²) in [6.07, 6.45) is 2.90. The molecule has 17 heavy (non-hydrogen) atoms. The zero-order valence-corrected chi connectivity index (χ0v) is 11.3. The van der Waals surface area contributed by atoms with Crippen LogP contribution >= 0.6 is 0 Å². The smallest absolute Gasteiger partial charge is 0.154 e.